The van der Waals surface area contributed by atoms with E-state index in [0.29, 0.717) is 0 Å². The van der Waals surface area contributed by atoms with E-state index in [0.717, 1.165) is 32.6 Å². The number of hydrogen-bond donors (Lipinski definition) is 2. The van der Waals surface area contributed by atoms with Crippen LogP contribution in [0.2, 0.25) is 0 Å². The molecular formula is C12H20BrN3S. The van der Waals surface area contributed by atoms with Crippen LogP contribution in [0.15, 0.2) is 15.9 Å². The van der Waals surface area contributed by atoms with Crippen molar-refractivity contribution in [3.8, 4) is 0 Å². The maximum Gasteiger partial charge on any atom is 0.0285 e. The fourth-order valence-corrected chi connectivity index (χ4v) is 3.45. The van der Waals surface area contributed by atoms with Crippen LogP contribution in [-0.2, 0) is 6.42 Å². The topological polar surface area (TPSA) is 27.3 Å². The molecule has 0 amide bonds. The monoisotopic (exact) mass is 317 g/mol. The van der Waals surface area contributed by atoms with E-state index in [1.54, 1.807) is 0 Å². The highest BCUT2D eigenvalue weighted by Crippen LogP contribution is 2.19. The third-order valence-electron chi connectivity index (χ3n) is 2.98. The summed E-state index contributed by atoms with van der Waals surface area (Å²) >= 11 is 5.31. The van der Waals surface area contributed by atoms with Crippen LogP contribution in [0, 0.1) is 0 Å². The molecule has 1 aromatic heterocycles. The number of halogens is 1. The molecule has 0 aliphatic carbocycles. The van der Waals surface area contributed by atoms with Gasteiger partial charge in [-0.2, -0.15) is 0 Å². The molecule has 1 aliphatic heterocycles. The Labute approximate surface area is 116 Å². The molecule has 1 fully saturated rings. The van der Waals surface area contributed by atoms with Crippen LogP contribution in [0.4, 0.5) is 0 Å². The Kier molecular flexibility index (Phi) is 5.94. The summed E-state index contributed by atoms with van der Waals surface area (Å²) in [4.78, 5) is 3.97. The van der Waals surface area contributed by atoms with E-state index in [1.165, 1.54) is 29.0 Å². The smallest absolute Gasteiger partial charge is 0.0285 e. The second-order valence-electron chi connectivity index (χ2n) is 4.32. The molecule has 0 spiro atoms. The average molecular weight is 318 g/mol. The second-order valence-corrected chi connectivity index (χ2v) is 6.23. The van der Waals surface area contributed by atoms with Gasteiger partial charge >= 0.3 is 0 Å². The van der Waals surface area contributed by atoms with E-state index in [1.807, 2.05) is 11.3 Å². The van der Waals surface area contributed by atoms with Crippen LogP contribution >= 0.6 is 27.3 Å². The molecule has 5 heteroatoms. The van der Waals surface area contributed by atoms with Gasteiger partial charge < -0.3 is 10.6 Å². The van der Waals surface area contributed by atoms with E-state index < -0.39 is 0 Å². The van der Waals surface area contributed by atoms with Gasteiger partial charge in [0.2, 0.25) is 0 Å². The maximum absolute atomic E-state index is 3.52. The highest BCUT2D eigenvalue weighted by Gasteiger charge is 2.07. The molecule has 0 unspecified atom stereocenters. The zero-order valence-electron chi connectivity index (χ0n) is 10.0. The fourth-order valence-electron chi connectivity index (χ4n) is 1.99. The maximum atomic E-state index is 3.52. The lowest BCUT2D eigenvalue weighted by molar-refractivity contribution is 0.241. The van der Waals surface area contributed by atoms with Gasteiger partial charge in [-0.1, -0.05) is 0 Å². The van der Waals surface area contributed by atoms with E-state index in [9.17, 15) is 0 Å². The van der Waals surface area contributed by atoms with Gasteiger partial charge in [0.15, 0.2) is 0 Å². The van der Waals surface area contributed by atoms with Crippen molar-refractivity contribution < 1.29 is 0 Å². The summed E-state index contributed by atoms with van der Waals surface area (Å²) in [7, 11) is 0. The number of nitrogens with one attached hydrogen (secondary N) is 2. The normalized spacial score (nSPS) is 17.5. The number of rotatable bonds is 6. The third kappa shape index (κ3) is 5.06. The molecule has 2 N–H and O–H groups in total. The van der Waals surface area contributed by atoms with Crippen molar-refractivity contribution in [2.45, 2.75) is 6.42 Å². The molecule has 1 aromatic rings. The van der Waals surface area contributed by atoms with Gasteiger partial charge in [-0.05, 0) is 28.4 Å². The van der Waals surface area contributed by atoms with Gasteiger partial charge in [-0.3, -0.25) is 4.90 Å². The first kappa shape index (κ1) is 13.5. The summed E-state index contributed by atoms with van der Waals surface area (Å²) in [5, 5.41) is 9.04. The van der Waals surface area contributed by atoms with Crippen LogP contribution < -0.4 is 10.6 Å². The second kappa shape index (κ2) is 7.48. The van der Waals surface area contributed by atoms with E-state index in [2.05, 4.69) is 42.9 Å². The Morgan fingerprint density at radius 2 is 2.18 bits per heavy atom. The molecule has 2 rings (SSSR count). The average Bonchev–Trinajstić information content (AvgIpc) is 2.76. The lowest BCUT2D eigenvalue weighted by Crippen LogP contribution is -2.45. The Morgan fingerprint density at radius 1 is 1.35 bits per heavy atom. The summed E-state index contributed by atoms with van der Waals surface area (Å²) in [5.74, 6) is 0. The van der Waals surface area contributed by atoms with Crippen molar-refractivity contribution in [1.29, 1.82) is 0 Å². The first-order valence-corrected chi connectivity index (χ1v) is 7.88. The summed E-state index contributed by atoms with van der Waals surface area (Å²) in [6.07, 6.45) is 1.14. The molecular weight excluding hydrogens is 298 g/mol. The van der Waals surface area contributed by atoms with Crippen molar-refractivity contribution in [2.75, 3.05) is 45.8 Å². The molecule has 0 bridgehead atoms. The number of hydrogen-bond acceptors (Lipinski definition) is 4. The van der Waals surface area contributed by atoms with Crippen LogP contribution in [0.3, 0.4) is 0 Å². The summed E-state index contributed by atoms with van der Waals surface area (Å²) in [6, 6.07) is 2.21. The largest absolute Gasteiger partial charge is 0.315 e. The van der Waals surface area contributed by atoms with Crippen molar-refractivity contribution in [2.24, 2.45) is 0 Å². The molecule has 0 saturated carbocycles. The summed E-state index contributed by atoms with van der Waals surface area (Å²) in [5.41, 5.74) is 0. The van der Waals surface area contributed by atoms with Crippen LogP contribution in [0.25, 0.3) is 0 Å². The number of nitrogens with zero attached hydrogens (tertiary/aromatic N) is 1. The van der Waals surface area contributed by atoms with Crippen molar-refractivity contribution in [3.63, 3.8) is 0 Å². The van der Waals surface area contributed by atoms with Crippen molar-refractivity contribution in [3.05, 3.63) is 20.8 Å². The molecule has 96 valence electrons. The predicted octanol–water partition coefficient (Wildman–Crippen LogP) is 1.55. The van der Waals surface area contributed by atoms with Crippen LogP contribution in [-0.4, -0.2) is 50.7 Å². The minimum atomic E-state index is 1.08. The minimum absolute atomic E-state index is 1.08. The lowest BCUT2D eigenvalue weighted by Gasteiger charge is -2.27. The first-order chi connectivity index (χ1) is 8.34. The van der Waals surface area contributed by atoms with E-state index in [-0.39, 0.29) is 0 Å². The van der Waals surface area contributed by atoms with Crippen LogP contribution in [0.5, 0.6) is 0 Å². The highest BCUT2D eigenvalue weighted by atomic mass is 79.9. The van der Waals surface area contributed by atoms with Gasteiger partial charge in [0.1, 0.15) is 0 Å². The molecule has 0 radical (unpaired) electrons. The standard InChI is InChI=1S/C12H20BrN3S/c13-11-9-12(17-10-11)1-2-14-3-6-16-7-4-15-5-8-16/h9-10,14-15H,1-8H2. The molecule has 0 atom stereocenters. The zero-order valence-corrected chi connectivity index (χ0v) is 12.4. The summed E-state index contributed by atoms with van der Waals surface area (Å²) < 4.78 is 1.21. The summed E-state index contributed by atoms with van der Waals surface area (Å²) in [6.45, 7) is 8.03. The molecule has 1 aliphatic rings. The van der Waals surface area contributed by atoms with Gasteiger partial charge in [0, 0.05) is 60.5 Å². The SMILES string of the molecule is Brc1csc(CCNCCN2CCNCC2)c1. The fraction of sp³-hybridized carbons (Fsp3) is 0.667. The Balaban J connectivity index is 1.51. The molecule has 1 saturated heterocycles. The Morgan fingerprint density at radius 3 is 2.88 bits per heavy atom. The van der Waals surface area contributed by atoms with Gasteiger partial charge in [-0.25, -0.2) is 0 Å². The van der Waals surface area contributed by atoms with Crippen LogP contribution in [0.1, 0.15) is 4.88 Å². The molecule has 2 heterocycles. The molecule has 3 nitrogen and oxygen atoms in total. The third-order valence-corrected chi connectivity index (χ3v) is 4.74. The first-order valence-electron chi connectivity index (χ1n) is 6.21. The minimum Gasteiger partial charge on any atom is -0.315 e. The van der Waals surface area contributed by atoms with Crippen molar-refractivity contribution >= 4 is 27.3 Å². The Hall–Kier alpha value is 0.0600. The van der Waals surface area contributed by atoms with E-state index >= 15 is 0 Å². The molecule has 0 aromatic carbocycles. The lowest BCUT2D eigenvalue weighted by atomic mass is 10.3. The van der Waals surface area contributed by atoms with E-state index in [4.69, 9.17) is 0 Å². The van der Waals surface area contributed by atoms with Gasteiger partial charge in [0.05, 0.1) is 0 Å². The number of piperazine rings is 1. The van der Waals surface area contributed by atoms with Gasteiger partial charge in [-0.15, -0.1) is 11.3 Å². The van der Waals surface area contributed by atoms with Gasteiger partial charge in [0.25, 0.3) is 0 Å². The Bertz CT molecular complexity index is 323. The number of thiophene rings is 1. The quantitative estimate of drug-likeness (QED) is 0.780. The zero-order chi connectivity index (χ0) is 11.9. The van der Waals surface area contributed by atoms with Crippen molar-refractivity contribution in [1.82, 2.24) is 15.5 Å². The highest BCUT2D eigenvalue weighted by molar-refractivity contribution is 9.10. The molecule has 17 heavy (non-hydrogen) atoms. The predicted molar refractivity (Wildman–Crippen MR) is 77.9 cm³/mol.